The number of carbonyl (C=O) groups is 1. The first-order valence-electron chi connectivity index (χ1n) is 9.37. The van der Waals surface area contributed by atoms with Gasteiger partial charge in [0.1, 0.15) is 0 Å². The molecule has 0 aliphatic heterocycles. The highest BCUT2D eigenvalue weighted by Gasteiger charge is 2.30. The van der Waals surface area contributed by atoms with E-state index in [9.17, 15) is 22.8 Å². The third kappa shape index (κ3) is 4.36. The predicted molar refractivity (Wildman–Crippen MR) is 104 cm³/mol. The number of hydrogen-bond acceptors (Lipinski definition) is 2. The van der Waals surface area contributed by atoms with Crippen molar-refractivity contribution < 1.29 is 18.0 Å². The summed E-state index contributed by atoms with van der Waals surface area (Å²) in [6.07, 6.45) is -4.39. The molecule has 5 nitrogen and oxygen atoms in total. The normalized spacial score (nSPS) is 12.9. The number of carbonyl (C=O) groups excluding carboxylic acids is 1. The van der Waals surface area contributed by atoms with Crippen LogP contribution in [0.1, 0.15) is 37.4 Å². The summed E-state index contributed by atoms with van der Waals surface area (Å²) in [5.41, 5.74) is 0.978. The lowest BCUT2D eigenvalue weighted by Crippen LogP contribution is -2.30. The van der Waals surface area contributed by atoms with Gasteiger partial charge < -0.3 is 5.32 Å². The Bertz CT molecular complexity index is 1080. The zero-order valence-electron chi connectivity index (χ0n) is 16.2. The van der Waals surface area contributed by atoms with Crippen LogP contribution in [0.5, 0.6) is 0 Å². The Hall–Kier alpha value is -3.03. The van der Waals surface area contributed by atoms with Crippen LogP contribution in [0.3, 0.4) is 0 Å². The second-order valence-corrected chi connectivity index (χ2v) is 6.83. The highest BCUT2D eigenvalue weighted by atomic mass is 19.4. The van der Waals surface area contributed by atoms with Crippen LogP contribution in [0.2, 0.25) is 0 Å². The number of rotatable bonds is 6. The number of para-hydroxylation sites is 2. The van der Waals surface area contributed by atoms with Crippen molar-refractivity contribution in [1.82, 2.24) is 14.5 Å². The minimum Gasteiger partial charge on any atom is -0.350 e. The van der Waals surface area contributed by atoms with Gasteiger partial charge in [-0.3, -0.25) is 13.9 Å². The molecule has 0 aliphatic carbocycles. The van der Waals surface area contributed by atoms with Gasteiger partial charge in [0.05, 0.1) is 22.6 Å². The van der Waals surface area contributed by atoms with E-state index in [1.807, 2.05) is 31.2 Å². The van der Waals surface area contributed by atoms with Crippen molar-refractivity contribution in [3.8, 4) is 0 Å². The third-order valence-electron chi connectivity index (χ3n) is 4.90. The van der Waals surface area contributed by atoms with E-state index in [2.05, 4.69) is 5.32 Å². The summed E-state index contributed by atoms with van der Waals surface area (Å²) in [5, 5.41) is 2.70. The summed E-state index contributed by atoms with van der Waals surface area (Å²) < 4.78 is 41.8. The first-order chi connectivity index (χ1) is 13.7. The molecule has 0 saturated heterocycles. The molecule has 0 radical (unpaired) electrons. The van der Waals surface area contributed by atoms with E-state index in [1.54, 1.807) is 22.1 Å². The van der Waals surface area contributed by atoms with Crippen molar-refractivity contribution >= 4 is 16.9 Å². The molecule has 1 amide bonds. The zero-order valence-corrected chi connectivity index (χ0v) is 16.2. The number of aromatic nitrogens is 2. The quantitative estimate of drug-likeness (QED) is 0.671. The van der Waals surface area contributed by atoms with Gasteiger partial charge in [-0.15, -0.1) is 0 Å². The van der Waals surface area contributed by atoms with Crippen LogP contribution in [0, 0.1) is 0 Å². The van der Waals surface area contributed by atoms with Crippen LogP contribution < -0.4 is 11.0 Å². The molecule has 0 bridgehead atoms. The molecule has 1 unspecified atom stereocenters. The topological polar surface area (TPSA) is 56.0 Å². The van der Waals surface area contributed by atoms with Crippen LogP contribution in [0.15, 0.2) is 53.3 Å². The molecule has 3 aromatic rings. The number of nitrogens with one attached hydrogen (secondary N) is 1. The predicted octanol–water partition coefficient (Wildman–Crippen LogP) is 4.11. The van der Waals surface area contributed by atoms with Gasteiger partial charge in [0.25, 0.3) is 0 Å². The Morgan fingerprint density at radius 2 is 1.72 bits per heavy atom. The number of benzene rings is 2. The van der Waals surface area contributed by atoms with Gasteiger partial charge >= 0.3 is 11.9 Å². The molecule has 3 rings (SSSR count). The first kappa shape index (κ1) is 20.7. The number of fused-ring (bicyclic) bond motifs is 1. The minimum atomic E-state index is -4.44. The molecular formula is C21H22F3N3O2. The Balaban J connectivity index is 1.70. The summed E-state index contributed by atoms with van der Waals surface area (Å²) in [5.74, 6) is -0.338. The van der Waals surface area contributed by atoms with Crippen molar-refractivity contribution in [3.63, 3.8) is 0 Å². The highest BCUT2D eigenvalue weighted by molar-refractivity contribution is 5.78. The van der Waals surface area contributed by atoms with Crippen LogP contribution >= 0.6 is 0 Å². The molecular weight excluding hydrogens is 383 g/mol. The number of alkyl halides is 3. The standard InChI is InChI=1S/C21H22F3N3O2/c1-3-26-17-9-4-5-10-18(17)27(20(26)29)12-11-19(28)25-14(2)15-7-6-8-16(13-15)21(22,23)24/h4-10,13-14H,3,11-12H2,1-2H3,(H,25,28). The monoisotopic (exact) mass is 405 g/mol. The van der Waals surface area contributed by atoms with Crippen LogP contribution in [0.25, 0.3) is 11.0 Å². The largest absolute Gasteiger partial charge is 0.416 e. The van der Waals surface area contributed by atoms with E-state index in [1.165, 1.54) is 6.07 Å². The molecule has 1 aromatic heterocycles. The van der Waals surface area contributed by atoms with E-state index in [0.717, 1.165) is 23.2 Å². The molecule has 2 aromatic carbocycles. The van der Waals surface area contributed by atoms with E-state index < -0.39 is 17.8 Å². The summed E-state index contributed by atoms with van der Waals surface area (Å²) in [6, 6.07) is 11.7. The van der Waals surface area contributed by atoms with Crippen LogP contribution in [-0.2, 0) is 24.1 Å². The molecule has 1 atom stereocenters. The van der Waals surface area contributed by atoms with Crippen molar-refractivity contribution in [1.29, 1.82) is 0 Å². The zero-order chi connectivity index (χ0) is 21.2. The number of amides is 1. The maximum absolute atomic E-state index is 12.9. The second kappa shape index (κ2) is 8.14. The van der Waals surface area contributed by atoms with E-state index >= 15 is 0 Å². The summed E-state index contributed by atoms with van der Waals surface area (Å²) in [4.78, 5) is 24.9. The third-order valence-corrected chi connectivity index (χ3v) is 4.90. The Morgan fingerprint density at radius 1 is 1.07 bits per heavy atom. The number of nitrogens with zero attached hydrogens (tertiary/aromatic N) is 2. The van der Waals surface area contributed by atoms with Gasteiger partial charge in [0.2, 0.25) is 5.91 Å². The second-order valence-electron chi connectivity index (χ2n) is 6.83. The van der Waals surface area contributed by atoms with Gasteiger partial charge in [-0.05, 0) is 43.7 Å². The lowest BCUT2D eigenvalue weighted by Gasteiger charge is -2.16. The van der Waals surface area contributed by atoms with Gasteiger partial charge in [0.15, 0.2) is 0 Å². The van der Waals surface area contributed by atoms with E-state index in [0.29, 0.717) is 12.1 Å². The number of hydrogen-bond donors (Lipinski definition) is 1. The molecule has 0 spiro atoms. The summed E-state index contributed by atoms with van der Waals surface area (Å²) >= 11 is 0. The minimum absolute atomic E-state index is 0.0426. The highest BCUT2D eigenvalue weighted by Crippen LogP contribution is 2.30. The Labute approximate surface area is 165 Å². The molecule has 0 aliphatic rings. The Kier molecular flexibility index (Phi) is 5.81. The fourth-order valence-electron chi connectivity index (χ4n) is 3.39. The smallest absolute Gasteiger partial charge is 0.350 e. The van der Waals surface area contributed by atoms with Gasteiger partial charge in [-0.1, -0.05) is 24.3 Å². The lowest BCUT2D eigenvalue weighted by molar-refractivity contribution is -0.137. The van der Waals surface area contributed by atoms with Gasteiger partial charge in [0, 0.05) is 19.5 Å². The first-order valence-corrected chi connectivity index (χ1v) is 9.37. The fraction of sp³-hybridized carbons (Fsp3) is 0.333. The van der Waals surface area contributed by atoms with Crippen molar-refractivity contribution in [2.24, 2.45) is 0 Å². The average molecular weight is 405 g/mol. The van der Waals surface area contributed by atoms with Crippen LogP contribution in [0.4, 0.5) is 13.2 Å². The molecule has 29 heavy (non-hydrogen) atoms. The van der Waals surface area contributed by atoms with Crippen molar-refractivity contribution in [2.75, 3.05) is 0 Å². The fourth-order valence-corrected chi connectivity index (χ4v) is 3.39. The Morgan fingerprint density at radius 3 is 2.34 bits per heavy atom. The van der Waals surface area contributed by atoms with Gasteiger partial charge in [-0.25, -0.2) is 4.79 Å². The molecule has 154 valence electrons. The summed E-state index contributed by atoms with van der Waals surface area (Å²) in [6.45, 7) is 4.21. The van der Waals surface area contributed by atoms with Crippen molar-refractivity contribution in [2.45, 2.75) is 45.6 Å². The SMILES string of the molecule is CCn1c(=O)n(CCC(=O)NC(C)c2cccc(C(F)(F)F)c2)c2ccccc21. The molecule has 1 N–H and O–H groups in total. The number of aryl methyl sites for hydroxylation is 2. The van der Waals surface area contributed by atoms with E-state index in [4.69, 9.17) is 0 Å². The van der Waals surface area contributed by atoms with Crippen molar-refractivity contribution in [3.05, 3.63) is 70.1 Å². The molecule has 0 fully saturated rings. The number of halogens is 3. The maximum atomic E-state index is 12.9. The van der Waals surface area contributed by atoms with Crippen LogP contribution in [-0.4, -0.2) is 15.0 Å². The average Bonchev–Trinajstić information content (AvgIpc) is 2.96. The number of imidazole rings is 1. The molecule has 0 saturated carbocycles. The summed E-state index contributed by atoms with van der Waals surface area (Å²) in [7, 11) is 0. The maximum Gasteiger partial charge on any atom is 0.416 e. The lowest BCUT2D eigenvalue weighted by atomic mass is 10.0. The molecule has 8 heteroatoms. The van der Waals surface area contributed by atoms with E-state index in [-0.39, 0.29) is 24.6 Å². The van der Waals surface area contributed by atoms with Gasteiger partial charge in [-0.2, -0.15) is 13.2 Å². The molecule has 1 heterocycles.